The number of imide groups is 1. The van der Waals surface area contributed by atoms with Gasteiger partial charge >= 0.3 is 0 Å². The maximum atomic E-state index is 11.7. The summed E-state index contributed by atoms with van der Waals surface area (Å²) in [5.74, 6) is -0.604. The van der Waals surface area contributed by atoms with E-state index in [0.29, 0.717) is 18.5 Å². The van der Waals surface area contributed by atoms with Gasteiger partial charge in [0.05, 0.1) is 5.92 Å². The van der Waals surface area contributed by atoms with Gasteiger partial charge in [-0.2, -0.15) is 4.98 Å². The Morgan fingerprint density at radius 3 is 3.06 bits per heavy atom. The number of carbonyl (C=O) groups excluding carboxylic acids is 2. The summed E-state index contributed by atoms with van der Waals surface area (Å²) in [5, 5.41) is 6.29. The van der Waals surface area contributed by atoms with Crippen molar-refractivity contribution < 1.29 is 9.59 Å². The lowest BCUT2D eigenvalue weighted by Crippen LogP contribution is -2.39. The second kappa shape index (κ2) is 3.80. The minimum absolute atomic E-state index is 0.190. The van der Waals surface area contributed by atoms with Gasteiger partial charge in [-0.05, 0) is 24.1 Å². The Bertz CT molecular complexity index is 648. The highest BCUT2D eigenvalue weighted by atomic mass is 16.2. The zero-order valence-corrected chi connectivity index (χ0v) is 9.46. The van der Waals surface area contributed by atoms with E-state index in [9.17, 15) is 9.59 Å². The molecule has 0 saturated carbocycles. The number of piperidine rings is 1. The van der Waals surface area contributed by atoms with Crippen molar-refractivity contribution in [1.29, 1.82) is 0 Å². The van der Waals surface area contributed by atoms with Crippen molar-refractivity contribution in [3.8, 4) is 0 Å². The van der Waals surface area contributed by atoms with Crippen LogP contribution >= 0.6 is 0 Å². The van der Waals surface area contributed by atoms with Gasteiger partial charge in [-0.15, -0.1) is 5.10 Å². The molecular formula is C11H11N5O2. The van der Waals surface area contributed by atoms with Crippen molar-refractivity contribution in [3.63, 3.8) is 0 Å². The van der Waals surface area contributed by atoms with Crippen molar-refractivity contribution in [2.75, 3.05) is 5.73 Å². The van der Waals surface area contributed by atoms with Gasteiger partial charge in [0, 0.05) is 12.6 Å². The zero-order chi connectivity index (χ0) is 12.7. The molecule has 1 aliphatic heterocycles. The summed E-state index contributed by atoms with van der Waals surface area (Å²) >= 11 is 0. The molecule has 2 aromatic rings. The molecule has 0 aromatic carbocycles. The maximum Gasteiger partial charge on any atom is 0.240 e. The van der Waals surface area contributed by atoms with Crippen molar-refractivity contribution in [3.05, 3.63) is 23.9 Å². The maximum absolute atomic E-state index is 11.7. The molecule has 3 heterocycles. The number of nitrogen functional groups attached to an aromatic ring is 1. The molecule has 0 aliphatic carbocycles. The topological polar surface area (TPSA) is 102 Å². The molecule has 2 aromatic heterocycles. The fraction of sp³-hybridized carbons (Fsp3) is 0.273. The standard InChI is InChI=1S/C11H11N5O2/c12-11-13-8-5-6(3-4-16(8)15-11)7-1-2-9(17)14-10(7)18/h3-5,7H,1-2H2,(H2,12,15)(H,14,17,18). The number of nitrogens with one attached hydrogen (secondary N) is 1. The summed E-state index contributed by atoms with van der Waals surface area (Å²) in [6.07, 6.45) is 2.58. The Morgan fingerprint density at radius 1 is 1.44 bits per heavy atom. The third-order valence-electron chi connectivity index (χ3n) is 3.02. The lowest BCUT2D eigenvalue weighted by molar-refractivity contribution is -0.134. The molecular weight excluding hydrogens is 234 g/mol. The lowest BCUT2D eigenvalue weighted by atomic mass is 9.91. The normalized spacial score (nSPS) is 20.1. The van der Waals surface area contributed by atoms with Crippen LogP contribution in [0.1, 0.15) is 24.3 Å². The summed E-state index contributed by atoms with van der Waals surface area (Å²) in [6, 6.07) is 3.56. The largest absolute Gasteiger partial charge is 0.366 e. The molecule has 1 fully saturated rings. The van der Waals surface area contributed by atoms with E-state index in [1.807, 2.05) is 0 Å². The molecule has 1 atom stereocenters. The summed E-state index contributed by atoms with van der Waals surface area (Å²) < 4.78 is 1.55. The van der Waals surface area contributed by atoms with Crippen molar-refractivity contribution in [1.82, 2.24) is 19.9 Å². The molecule has 0 bridgehead atoms. The zero-order valence-electron chi connectivity index (χ0n) is 9.46. The van der Waals surface area contributed by atoms with Gasteiger partial charge in [-0.3, -0.25) is 14.9 Å². The predicted molar refractivity (Wildman–Crippen MR) is 62.5 cm³/mol. The average molecular weight is 245 g/mol. The number of hydrogen-bond acceptors (Lipinski definition) is 5. The molecule has 18 heavy (non-hydrogen) atoms. The summed E-state index contributed by atoms with van der Waals surface area (Å²) in [4.78, 5) is 26.9. The molecule has 3 N–H and O–H groups in total. The van der Waals surface area contributed by atoms with Gasteiger partial charge < -0.3 is 5.73 Å². The number of anilines is 1. The van der Waals surface area contributed by atoms with Crippen LogP contribution in [-0.4, -0.2) is 26.4 Å². The molecule has 7 nitrogen and oxygen atoms in total. The van der Waals surface area contributed by atoms with E-state index in [0.717, 1.165) is 5.56 Å². The molecule has 92 valence electrons. The average Bonchev–Trinajstić information content (AvgIpc) is 2.68. The van der Waals surface area contributed by atoms with Crippen LogP contribution in [0.25, 0.3) is 5.65 Å². The van der Waals surface area contributed by atoms with E-state index in [1.165, 1.54) is 0 Å². The predicted octanol–water partition coefficient (Wildman–Crippen LogP) is -0.168. The Balaban J connectivity index is 1.98. The molecule has 2 amide bonds. The Labute approximate surface area is 102 Å². The number of carbonyl (C=O) groups is 2. The van der Waals surface area contributed by atoms with Gasteiger partial charge in [0.15, 0.2) is 5.65 Å². The first-order chi connectivity index (χ1) is 8.63. The number of fused-ring (bicyclic) bond motifs is 1. The number of nitrogens with zero attached hydrogens (tertiary/aromatic N) is 3. The molecule has 1 unspecified atom stereocenters. The van der Waals surface area contributed by atoms with Gasteiger partial charge in [0.2, 0.25) is 17.8 Å². The highest BCUT2D eigenvalue weighted by Gasteiger charge is 2.28. The Morgan fingerprint density at radius 2 is 2.28 bits per heavy atom. The van der Waals surface area contributed by atoms with Gasteiger partial charge in [-0.1, -0.05) is 0 Å². The molecule has 3 rings (SSSR count). The lowest BCUT2D eigenvalue weighted by Gasteiger charge is -2.20. The van der Waals surface area contributed by atoms with Crippen LogP contribution < -0.4 is 11.1 Å². The number of rotatable bonds is 1. The van der Waals surface area contributed by atoms with Gasteiger partial charge in [0.25, 0.3) is 0 Å². The highest BCUT2D eigenvalue weighted by molar-refractivity contribution is 6.01. The number of aromatic nitrogens is 3. The molecule has 1 aliphatic rings. The Hall–Kier alpha value is -2.44. The first-order valence-electron chi connectivity index (χ1n) is 5.59. The fourth-order valence-electron chi connectivity index (χ4n) is 2.14. The summed E-state index contributed by atoms with van der Waals surface area (Å²) in [7, 11) is 0. The first kappa shape index (κ1) is 10.7. The first-order valence-corrected chi connectivity index (χ1v) is 5.59. The van der Waals surface area contributed by atoms with E-state index < -0.39 is 0 Å². The van der Waals surface area contributed by atoms with E-state index in [4.69, 9.17) is 5.73 Å². The van der Waals surface area contributed by atoms with Crippen molar-refractivity contribution in [2.45, 2.75) is 18.8 Å². The van der Waals surface area contributed by atoms with Crippen LogP contribution in [0.3, 0.4) is 0 Å². The quantitative estimate of drug-likeness (QED) is 0.679. The van der Waals surface area contributed by atoms with Crippen LogP contribution in [-0.2, 0) is 9.59 Å². The van der Waals surface area contributed by atoms with E-state index in [1.54, 1.807) is 22.8 Å². The molecule has 0 radical (unpaired) electrons. The van der Waals surface area contributed by atoms with Gasteiger partial charge in [0.1, 0.15) is 0 Å². The smallest absolute Gasteiger partial charge is 0.240 e. The minimum atomic E-state index is -0.314. The second-order valence-corrected chi connectivity index (χ2v) is 4.24. The third kappa shape index (κ3) is 1.69. The number of hydrogen-bond donors (Lipinski definition) is 2. The number of nitrogens with two attached hydrogens (primary N) is 1. The SMILES string of the molecule is Nc1nc2cc(C3CCC(=O)NC3=O)ccn2n1. The van der Waals surface area contributed by atoms with Crippen LogP contribution in [0.4, 0.5) is 5.95 Å². The van der Waals surface area contributed by atoms with Crippen molar-refractivity contribution >= 4 is 23.4 Å². The van der Waals surface area contributed by atoms with Gasteiger partial charge in [-0.25, -0.2) is 4.52 Å². The minimum Gasteiger partial charge on any atom is -0.366 e. The summed E-state index contributed by atoms with van der Waals surface area (Å²) in [5.41, 5.74) is 6.91. The van der Waals surface area contributed by atoms with Crippen LogP contribution in [0.15, 0.2) is 18.3 Å². The third-order valence-corrected chi connectivity index (χ3v) is 3.02. The van der Waals surface area contributed by atoms with E-state index in [-0.39, 0.29) is 23.7 Å². The summed E-state index contributed by atoms with van der Waals surface area (Å²) in [6.45, 7) is 0. The van der Waals surface area contributed by atoms with Crippen molar-refractivity contribution in [2.24, 2.45) is 0 Å². The monoisotopic (exact) mass is 245 g/mol. The molecule has 7 heteroatoms. The van der Waals surface area contributed by atoms with E-state index in [2.05, 4.69) is 15.4 Å². The number of amides is 2. The van der Waals surface area contributed by atoms with Crippen LogP contribution in [0, 0.1) is 0 Å². The van der Waals surface area contributed by atoms with E-state index >= 15 is 0 Å². The molecule has 1 saturated heterocycles. The van der Waals surface area contributed by atoms with Crippen LogP contribution in [0.2, 0.25) is 0 Å². The number of pyridine rings is 1. The fourth-order valence-corrected chi connectivity index (χ4v) is 2.14. The Kier molecular flexibility index (Phi) is 2.26. The highest BCUT2D eigenvalue weighted by Crippen LogP contribution is 2.25. The van der Waals surface area contributed by atoms with Crippen LogP contribution in [0.5, 0.6) is 0 Å². The molecule has 0 spiro atoms. The second-order valence-electron chi connectivity index (χ2n) is 4.24.